The summed E-state index contributed by atoms with van der Waals surface area (Å²) in [4.78, 5) is 35.3. The van der Waals surface area contributed by atoms with Crippen LogP contribution < -0.4 is 32.0 Å². The zero-order chi connectivity index (χ0) is 24.6. The number of anilines is 2. The molecule has 0 atom stereocenters. The number of H-pyrrole nitrogens is 1. The van der Waals surface area contributed by atoms with Gasteiger partial charge in [-0.1, -0.05) is 18.2 Å². The number of pyridine rings is 1. The fourth-order valence-electron chi connectivity index (χ4n) is 2.84. The van der Waals surface area contributed by atoms with Crippen molar-refractivity contribution < 1.29 is 22.7 Å². The van der Waals surface area contributed by atoms with Gasteiger partial charge in [0, 0.05) is 24.5 Å². The summed E-state index contributed by atoms with van der Waals surface area (Å²) in [6.07, 6.45) is -1.29. The molecule has 3 rings (SSSR count). The van der Waals surface area contributed by atoms with E-state index in [1.807, 2.05) is 0 Å². The van der Waals surface area contributed by atoms with Gasteiger partial charge in [0.1, 0.15) is 0 Å². The number of carbonyl (C=O) groups excluding carboxylic acids is 1. The number of hydrogen-bond acceptors (Lipinski definition) is 7. The zero-order valence-electron chi connectivity index (χ0n) is 17.8. The van der Waals surface area contributed by atoms with E-state index in [1.54, 1.807) is 12.1 Å². The highest BCUT2D eigenvalue weighted by Crippen LogP contribution is 2.29. The van der Waals surface area contributed by atoms with E-state index in [-0.39, 0.29) is 17.2 Å². The lowest BCUT2D eigenvalue weighted by atomic mass is 10.1. The summed E-state index contributed by atoms with van der Waals surface area (Å²) >= 11 is 0. The molecule has 0 bridgehead atoms. The molecule has 0 saturated heterocycles. The van der Waals surface area contributed by atoms with E-state index in [4.69, 9.17) is 5.73 Å². The number of urea groups is 1. The standard InChI is InChI=1S/C21H22F3N7O3/c22-21(23,24)34-17-5-2-1-4-16(17)29-20(33)31-19-28-12-15(18(32)30-19)13-6-7-14(27-10-13)11-26-9-3-8-25/h1-2,4-7,10,12,26H,3,8-9,11,25H2,(H3,28,29,30,31,32,33). The molecule has 0 radical (unpaired) electrons. The van der Waals surface area contributed by atoms with Crippen molar-refractivity contribution >= 4 is 17.7 Å². The van der Waals surface area contributed by atoms with E-state index in [0.29, 0.717) is 18.7 Å². The third kappa shape index (κ3) is 7.28. The number of ether oxygens (including phenoxy) is 1. The number of nitrogens with zero attached hydrogens (tertiary/aromatic N) is 2. The van der Waals surface area contributed by atoms with Crippen molar-refractivity contribution in [1.82, 2.24) is 20.3 Å². The molecular weight excluding hydrogens is 455 g/mol. The minimum atomic E-state index is -4.93. The van der Waals surface area contributed by atoms with Gasteiger partial charge in [0.25, 0.3) is 5.56 Å². The first kappa shape index (κ1) is 24.7. The maximum atomic E-state index is 12.5. The van der Waals surface area contributed by atoms with Crippen molar-refractivity contribution in [2.45, 2.75) is 19.3 Å². The highest BCUT2D eigenvalue weighted by Gasteiger charge is 2.32. The van der Waals surface area contributed by atoms with Gasteiger partial charge in [0.05, 0.1) is 16.9 Å². The average molecular weight is 477 g/mol. The number of aromatic amines is 1. The van der Waals surface area contributed by atoms with Crippen molar-refractivity contribution in [1.29, 1.82) is 0 Å². The van der Waals surface area contributed by atoms with Gasteiger partial charge < -0.3 is 21.1 Å². The summed E-state index contributed by atoms with van der Waals surface area (Å²) in [5.74, 6) is -0.790. The van der Waals surface area contributed by atoms with Gasteiger partial charge >= 0.3 is 12.4 Å². The lowest BCUT2D eigenvalue weighted by molar-refractivity contribution is -0.274. The normalized spacial score (nSPS) is 11.2. The Balaban J connectivity index is 1.64. The highest BCUT2D eigenvalue weighted by atomic mass is 19.4. The Labute approximate surface area is 191 Å². The molecule has 6 N–H and O–H groups in total. The smallest absolute Gasteiger partial charge is 0.404 e. The number of benzene rings is 1. The van der Waals surface area contributed by atoms with Crippen LogP contribution in [-0.2, 0) is 6.54 Å². The fourth-order valence-corrected chi connectivity index (χ4v) is 2.84. The van der Waals surface area contributed by atoms with Gasteiger partial charge in [-0.2, -0.15) is 0 Å². The molecule has 0 aliphatic rings. The van der Waals surface area contributed by atoms with Crippen LogP contribution in [0.25, 0.3) is 11.1 Å². The van der Waals surface area contributed by atoms with Crippen LogP contribution in [0.5, 0.6) is 5.75 Å². The summed E-state index contributed by atoms with van der Waals surface area (Å²) in [7, 11) is 0. The number of rotatable bonds is 9. The van der Waals surface area contributed by atoms with Gasteiger partial charge in [0.2, 0.25) is 5.95 Å². The van der Waals surface area contributed by atoms with Gasteiger partial charge in [-0.25, -0.2) is 9.78 Å². The third-order valence-corrected chi connectivity index (χ3v) is 4.39. The first-order valence-electron chi connectivity index (χ1n) is 10.1. The van der Waals surface area contributed by atoms with Crippen LogP contribution in [0.15, 0.2) is 53.6 Å². The van der Waals surface area contributed by atoms with Gasteiger partial charge in [-0.05, 0) is 37.7 Å². The molecule has 34 heavy (non-hydrogen) atoms. The second-order valence-electron chi connectivity index (χ2n) is 6.95. The zero-order valence-corrected chi connectivity index (χ0v) is 17.8. The number of amides is 2. The monoisotopic (exact) mass is 477 g/mol. The van der Waals surface area contributed by atoms with Gasteiger partial charge in [0.15, 0.2) is 5.75 Å². The van der Waals surface area contributed by atoms with Crippen molar-refractivity contribution in [3.63, 3.8) is 0 Å². The lowest BCUT2D eigenvalue weighted by Gasteiger charge is -2.14. The van der Waals surface area contributed by atoms with E-state index in [0.717, 1.165) is 24.7 Å². The van der Waals surface area contributed by atoms with E-state index < -0.39 is 23.7 Å². The van der Waals surface area contributed by atoms with Crippen LogP contribution in [0.4, 0.5) is 29.6 Å². The number of nitrogens with one attached hydrogen (secondary N) is 4. The van der Waals surface area contributed by atoms with Crippen molar-refractivity contribution in [3.8, 4) is 16.9 Å². The molecule has 0 spiro atoms. The Morgan fingerprint density at radius 2 is 1.88 bits per heavy atom. The lowest BCUT2D eigenvalue weighted by Crippen LogP contribution is -2.24. The predicted octanol–water partition coefficient (Wildman–Crippen LogP) is 2.81. The molecule has 1 aromatic carbocycles. The third-order valence-electron chi connectivity index (χ3n) is 4.39. The molecule has 3 aromatic rings. The summed E-state index contributed by atoms with van der Waals surface area (Å²) in [6, 6.07) is 7.58. The second-order valence-corrected chi connectivity index (χ2v) is 6.95. The highest BCUT2D eigenvalue weighted by molar-refractivity contribution is 5.99. The minimum absolute atomic E-state index is 0.200. The van der Waals surface area contributed by atoms with Crippen molar-refractivity contribution in [2.75, 3.05) is 23.7 Å². The molecule has 2 aromatic heterocycles. The fraction of sp³-hybridized carbons (Fsp3) is 0.238. The molecule has 2 amide bonds. The van der Waals surface area contributed by atoms with E-state index in [9.17, 15) is 22.8 Å². The first-order valence-corrected chi connectivity index (χ1v) is 10.1. The SMILES string of the molecule is NCCCNCc1ccc(-c2cnc(NC(=O)Nc3ccccc3OC(F)(F)F)[nH]c2=O)cn1. The van der Waals surface area contributed by atoms with Crippen LogP contribution in [0.1, 0.15) is 12.1 Å². The Bertz CT molecular complexity index is 1170. The minimum Gasteiger partial charge on any atom is -0.404 e. The van der Waals surface area contributed by atoms with Crippen LogP contribution in [0.3, 0.4) is 0 Å². The molecule has 180 valence electrons. The number of halogens is 3. The summed E-state index contributed by atoms with van der Waals surface area (Å²) in [5.41, 5.74) is 6.21. The number of aromatic nitrogens is 3. The molecular formula is C21H22F3N7O3. The molecule has 10 nitrogen and oxygen atoms in total. The van der Waals surface area contributed by atoms with Crippen molar-refractivity contribution in [2.24, 2.45) is 5.73 Å². The molecule has 13 heteroatoms. The quantitative estimate of drug-likeness (QED) is 0.298. The number of nitrogens with two attached hydrogens (primary N) is 1. The number of para-hydroxylation sites is 2. The Morgan fingerprint density at radius 1 is 1.09 bits per heavy atom. The van der Waals surface area contributed by atoms with Gasteiger partial charge in [-0.3, -0.25) is 20.1 Å². The largest absolute Gasteiger partial charge is 0.573 e. The van der Waals surface area contributed by atoms with Crippen LogP contribution in [0, 0.1) is 0 Å². The van der Waals surface area contributed by atoms with E-state index in [2.05, 4.69) is 35.6 Å². The molecule has 2 heterocycles. The molecule has 0 unspecified atom stereocenters. The maximum absolute atomic E-state index is 12.5. The topological polar surface area (TPSA) is 147 Å². The Kier molecular flexibility index (Phi) is 8.16. The number of carbonyl (C=O) groups is 1. The first-order chi connectivity index (χ1) is 16.2. The van der Waals surface area contributed by atoms with Crippen LogP contribution in [0.2, 0.25) is 0 Å². The second kappa shape index (κ2) is 11.2. The summed E-state index contributed by atoms with van der Waals surface area (Å²) < 4.78 is 41.4. The van der Waals surface area contributed by atoms with Crippen molar-refractivity contribution in [3.05, 3.63) is 64.8 Å². The number of hydrogen-bond donors (Lipinski definition) is 5. The van der Waals surface area contributed by atoms with E-state index in [1.165, 1.54) is 30.6 Å². The van der Waals surface area contributed by atoms with E-state index >= 15 is 0 Å². The van der Waals surface area contributed by atoms with Crippen LogP contribution >= 0.6 is 0 Å². The van der Waals surface area contributed by atoms with Crippen LogP contribution in [-0.4, -0.2) is 40.4 Å². The Morgan fingerprint density at radius 3 is 2.56 bits per heavy atom. The van der Waals surface area contributed by atoms with Gasteiger partial charge in [-0.15, -0.1) is 13.2 Å². The molecule has 0 fully saturated rings. The maximum Gasteiger partial charge on any atom is 0.573 e. The summed E-state index contributed by atoms with van der Waals surface area (Å²) in [6.45, 7) is 1.93. The Hall–Kier alpha value is -3.97. The summed E-state index contributed by atoms with van der Waals surface area (Å²) in [5, 5.41) is 7.67. The molecule has 0 aliphatic heterocycles. The molecule has 0 aliphatic carbocycles. The predicted molar refractivity (Wildman–Crippen MR) is 119 cm³/mol. The average Bonchev–Trinajstić information content (AvgIpc) is 2.78. The molecule has 0 saturated carbocycles. The number of alkyl halides is 3.